The van der Waals surface area contributed by atoms with Crippen molar-refractivity contribution in [2.45, 2.75) is 19.9 Å². The summed E-state index contributed by atoms with van der Waals surface area (Å²) in [6.45, 7) is 0. The maximum absolute atomic E-state index is 12.6. The Morgan fingerprint density at radius 3 is 2.47 bits per heavy atom. The molecule has 2 aromatic rings. The van der Waals surface area contributed by atoms with Crippen LogP contribution in [0.15, 0.2) is 25.8 Å². The molecule has 0 aliphatic heterocycles. The highest BCUT2D eigenvalue weighted by Gasteiger charge is 2.31. The summed E-state index contributed by atoms with van der Waals surface area (Å²) in [7, 11) is 0. The monoisotopic (exact) mass is 324 g/mol. The van der Waals surface area contributed by atoms with Crippen LogP contribution in [-0.2, 0) is 6.18 Å². The van der Waals surface area contributed by atoms with Gasteiger partial charge >= 0.3 is 6.18 Å². The molecule has 4 nitrogen and oxygen atoms in total. The zero-order chi connectivity index (χ0) is 14.0. The SMILES string of the molecule is CSc1nnc(Sc2cc(C(F)(F)F)cc(N)n2)s1. The molecular formula is C9H7F3N4S3. The lowest BCUT2D eigenvalue weighted by Gasteiger charge is -2.08. The van der Waals surface area contributed by atoms with E-state index in [1.165, 1.54) is 23.1 Å². The molecule has 0 amide bonds. The number of hydrogen-bond donors (Lipinski definition) is 1. The van der Waals surface area contributed by atoms with Gasteiger partial charge < -0.3 is 5.73 Å². The fourth-order valence-corrected chi connectivity index (χ4v) is 3.57. The molecule has 0 saturated heterocycles. The molecule has 0 aromatic carbocycles. The molecule has 0 aliphatic carbocycles. The molecule has 0 spiro atoms. The highest BCUT2D eigenvalue weighted by atomic mass is 32.2. The molecule has 2 rings (SSSR count). The molecule has 0 fully saturated rings. The van der Waals surface area contributed by atoms with Gasteiger partial charge in [0.15, 0.2) is 8.68 Å². The van der Waals surface area contributed by atoms with Crippen LogP contribution >= 0.6 is 34.9 Å². The second-order valence-corrected chi connectivity index (χ2v) is 6.56. The number of hydrogen-bond acceptors (Lipinski definition) is 7. The molecular weight excluding hydrogens is 317 g/mol. The van der Waals surface area contributed by atoms with Gasteiger partial charge in [-0.2, -0.15) is 13.2 Å². The van der Waals surface area contributed by atoms with E-state index in [0.29, 0.717) is 4.34 Å². The number of nitrogens with two attached hydrogens (primary N) is 1. The second kappa shape index (κ2) is 5.55. The number of alkyl halides is 3. The molecule has 0 atom stereocenters. The Morgan fingerprint density at radius 1 is 1.21 bits per heavy atom. The lowest BCUT2D eigenvalue weighted by atomic mass is 10.2. The average molecular weight is 324 g/mol. The van der Waals surface area contributed by atoms with Crippen molar-refractivity contribution >= 4 is 40.7 Å². The van der Waals surface area contributed by atoms with Crippen molar-refractivity contribution in [3.05, 3.63) is 17.7 Å². The minimum absolute atomic E-state index is 0.149. The van der Waals surface area contributed by atoms with Crippen LogP contribution in [0, 0.1) is 0 Å². The minimum Gasteiger partial charge on any atom is -0.384 e. The summed E-state index contributed by atoms with van der Waals surface area (Å²) >= 11 is 3.71. The van der Waals surface area contributed by atoms with Crippen molar-refractivity contribution in [3.63, 3.8) is 0 Å². The van der Waals surface area contributed by atoms with Crippen molar-refractivity contribution in [3.8, 4) is 0 Å². The normalized spacial score (nSPS) is 11.8. The first-order valence-corrected chi connectivity index (χ1v) is 7.64. The number of pyridine rings is 1. The van der Waals surface area contributed by atoms with E-state index in [-0.39, 0.29) is 10.8 Å². The summed E-state index contributed by atoms with van der Waals surface area (Å²) in [5, 5.41) is 7.86. The summed E-state index contributed by atoms with van der Waals surface area (Å²) in [4.78, 5) is 3.85. The summed E-state index contributed by atoms with van der Waals surface area (Å²) in [6, 6.07) is 1.75. The zero-order valence-electron chi connectivity index (χ0n) is 9.43. The van der Waals surface area contributed by atoms with E-state index in [1.54, 1.807) is 0 Å². The van der Waals surface area contributed by atoms with Crippen molar-refractivity contribution in [2.24, 2.45) is 0 Å². The molecule has 0 saturated carbocycles. The van der Waals surface area contributed by atoms with Gasteiger partial charge in [0, 0.05) is 0 Å². The smallest absolute Gasteiger partial charge is 0.384 e. The van der Waals surface area contributed by atoms with E-state index in [4.69, 9.17) is 5.73 Å². The molecule has 0 unspecified atom stereocenters. The zero-order valence-corrected chi connectivity index (χ0v) is 11.9. The van der Waals surface area contributed by atoms with Crippen molar-refractivity contribution in [1.29, 1.82) is 0 Å². The number of nitrogens with zero attached hydrogens (tertiary/aromatic N) is 3. The first kappa shape index (κ1) is 14.4. The van der Waals surface area contributed by atoms with Gasteiger partial charge in [0.2, 0.25) is 0 Å². The summed E-state index contributed by atoms with van der Waals surface area (Å²) in [5.41, 5.74) is 4.56. The van der Waals surface area contributed by atoms with E-state index < -0.39 is 11.7 Å². The highest BCUT2D eigenvalue weighted by Crippen LogP contribution is 2.36. The van der Waals surface area contributed by atoms with Crippen LogP contribution in [0.4, 0.5) is 19.0 Å². The number of thioether (sulfide) groups is 1. The quantitative estimate of drug-likeness (QED) is 0.873. The van der Waals surface area contributed by atoms with Crippen LogP contribution < -0.4 is 5.73 Å². The first-order chi connectivity index (χ1) is 8.88. The Kier molecular flexibility index (Phi) is 4.21. The topological polar surface area (TPSA) is 64.7 Å². The Hall–Kier alpha value is -1.00. The molecule has 0 aliphatic rings. The van der Waals surface area contributed by atoms with Gasteiger partial charge in [-0.15, -0.1) is 10.2 Å². The third kappa shape index (κ3) is 3.74. The molecule has 10 heteroatoms. The molecule has 19 heavy (non-hydrogen) atoms. The van der Waals surface area contributed by atoms with Gasteiger partial charge in [0.05, 0.1) is 5.56 Å². The molecule has 0 bridgehead atoms. The fraction of sp³-hybridized carbons (Fsp3) is 0.222. The van der Waals surface area contributed by atoms with Crippen molar-refractivity contribution in [1.82, 2.24) is 15.2 Å². The predicted molar refractivity (Wildman–Crippen MR) is 69.5 cm³/mol. The van der Waals surface area contributed by atoms with Crippen LogP contribution in [0.25, 0.3) is 0 Å². The number of aromatic nitrogens is 3. The van der Waals surface area contributed by atoms with Crippen LogP contribution in [0.5, 0.6) is 0 Å². The summed E-state index contributed by atoms with van der Waals surface area (Å²) < 4.78 is 39.1. The highest BCUT2D eigenvalue weighted by molar-refractivity contribution is 8.02. The third-order valence-electron chi connectivity index (χ3n) is 1.90. The van der Waals surface area contributed by atoms with Crippen LogP contribution in [0.1, 0.15) is 5.56 Å². The Labute approximate surface area is 119 Å². The van der Waals surface area contributed by atoms with E-state index in [2.05, 4.69) is 15.2 Å². The van der Waals surface area contributed by atoms with E-state index in [1.807, 2.05) is 6.26 Å². The maximum Gasteiger partial charge on any atom is 0.416 e. The largest absolute Gasteiger partial charge is 0.416 e. The van der Waals surface area contributed by atoms with Crippen LogP contribution in [-0.4, -0.2) is 21.4 Å². The lowest BCUT2D eigenvalue weighted by Crippen LogP contribution is -2.07. The van der Waals surface area contributed by atoms with Gasteiger partial charge in [0.25, 0.3) is 0 Å². The van der Waals surface area contributed by atoms with Gasteiger partial charge in [-0.3, -0.25) is 0 Å². The molecule has 2 N–H and O–H groups in total. The molecule has 102 valence electrons. The number of nitrogen functional groups attached to an aromatic ring is 1. The van der Waals surface area contributed by atoms with E-state index in [9.17, 15) is 13.2 Å². The Morgan fingerprint density at radius 2 is 1.89 bits per heavy atom. The lowest BCUT2D eigenvalue weighted by molar-refractivity contribution is -0.137. The molecule has 2 aromatic heterocycles. The fourth-order valence-electron chi connectivity index (χ4n) is 1.15. The standard InChI is InChI=1S/C9H7F3N4S3/c1-17-7-15-16-8(19-7)18-6-3-4(9(10,11)12)2-5(13)14-6/h2-3H,1H3,(H2,13,14). The van der Waals surface area contributed by atoms with E-state index in [0.717, 1.165) is 28.2 Å². The van der Waals surface area contributed by atoms with Crippen molar-refractivity contribution in [2.75, 3.05) is 12.0 Å². The maximum atomic E-state index is 12.6. The summed E-state index contributed by atoms with van der Waals surface area (Å²) in [6.07, 6.45) is -2.60. The average Bonchev–Trinajstić information content (AvgIpc) is 2.75. The Balaban J connectivity index is 2.27. The van der Waals surface area contributed by atoms with Gasteiger partial charge in [-0.1, -0.05) is 23.1 Å². The van der Waals surface area contributed by atoms with Gasteiger partial charge in [-0.05, 0) is 30.2 Å². The second-order valence-electron chi connectivity index (χ2n) is 3.26. The van der Waals surface area contributed by atoms with Gasteiger partial charge in [0.1, 0.15) is 10.8 Å². The van der Waals surface area contributed by atoms with Crippen LogP contribution in [0.2, 0.25) is 0 Å². The van der Waals surface area contributed by atoms with Crippen LogP contribution in [0.3, 0.4) is 0 Å². The molecule has 0 radical (unpaired) electrons. The van der Waals surface area contributed by atoms with Crippen molar-refractivity contribution < 1.29 is 13.2 Å². The number of halogens is 3. The number of rotatable bonds is 3. The number of anilines is 1. The predicted octanol–water partition coefficient (Wildman–Crippen LogP) is 3.41. The van der Waals surface area contributed by atoms with E-state index >= 15 is 0 Å². The molecule has 2 heterocycles. The summed E-state index contributed by atoms with van der Waals surface area (Å²) in [5.74, 6) is -0.174. The Bertz CT molecular complexity index is 584. The third-order valence-corrected chi connectivity index (χ3v) is 4.77. The van der Waals surface area contributed by atoms with Gasteiger partial charge in [-0.25, -0.2) is 4.98 Å². The minimum atomic E-state index is -4.45. The first-order valence-electron chi connectivity index (χ1n) is 4.78.